The van der Waals surface area contributed by atoms with E-state index in [1.54, 1.807) is 36.4 Å². The lowest BCUT2D eigenvalue weighted by atomic mass is 10.2. The molecular weight excluding hydrogens is 286 g/mol. The molecule has 0 heterocycles. The van der Waals surface area contributed by atoms with Gasteiger partial charge in [0.05, 0.1) is 11.1 Å². The number of hydrogen-bond acceptors (Lipinski definition) is 3. The van der Waals surface area contributed by atoms with Crippen LogP contribution in [0.15, 0.2) is 63.1 Å². The van der Waals surface area contributed by atoms with E-state index in [4.69, 9.17) is 5.41 Å². The highest BCUT2D eigenvalue weighted by Crippen LogP contribution is 2.13. The summed E-state index contributed by atoms with van der Waals surface area (Å²) in [6.07, 6.45) is 1.33. The maximum absolute atomic E-state index is 11.9. The van der Waals surface area contributed by atoms with Crippen LogP contribution in [0.4, 0.5) is 0 Å². The summed E-state index contributed by atoms with van der Waals surface area (Å²) < 4.78 is 27.2. The Morgan fingerprint density at radius 2 is 1.67 bits per heavy atom. The highest BCUT2D eigenvalue weighted by atomic mass is 32.2. The third kappa shape index (κ3) is 3.95. The molecule has 0 unspecified atom stereocenters. The SMILES string of the molecule is Cc1ccc(S(=O)(=O)N=NC=c2ccc(=C=[N-])cc2)cc1. The summed E-state index contributed by atoms with van der Waals surface area (Å²) in [5.74, 6) is 2.00. The van der Waals surface area contributed by atoms with Crippen molar-refractivity contribution in [3.05, 3.63) is 69.9 Å². The van der Waals surface area contributed by atoms with E-state index >= 15 is 0 Å². The Balaban J connectivity index is 2.27. The average molecular weight is 298 g/mol. The smallest absolute Gasteiger partial charge is 0.299 e. The largest absolute Gasteiger partial charge is 0.763 e. The van der Waals surface area contributed by atoms with Crippen molar-refractivity contribution >= 4 is 22.1 Å². The van der Waals surface area contributed by atoms with E-state index in [2.05, 4.69) is 9.63 Å². The standard InChI is InChI=1S/C15H12N3O2S/c1-12-2-8-15(9-3-12)21(19,20)18-17-11-14-6-4-13(10-16)5-7-14/h2-9,11H,1H3/q-1. The maximum atomic E-state index is 11.9. The van der Waals surface area contributed by atoms with Crippen LogP contribution in [0.1, 0.15) is 5.56 Å². The van der Waals surface area contributed by atoms with Gasteiger partial charge >= 0.3 is 0 Å². The molecule has 5 nitrogen and oxygen atoms in total. The van der Waals surface area contributed by atoms with Crippen LogP contribution in [-0.2, 0) is 10.0 Å². The van der Waals surface area contributed by atoms with Crippen LogP contribution >= 0.6 is 0 Å². The van der Waals surface area contributed by atoms with Crippen molar-refractivity contribution < 1.29 is 8.42 Å². The molecule has 0 amide bonds. The molecule has 6 heteroatoms. The molecule has 0 aromatic heterocycles. The van der Waals surface area contributed by atoms with Crippen LogP contribution in [-0.4, -0.2) is 14.3 Å². The highest BCUT2D eigenvalue weighted by molar-refractivity contribution is 7.90. The Hall–Kier alpha value is -2.56. The Kier molecular flexibility index (Phi) is 4.42. The van der Waals surface area contributed by atoms with Crippen molar-refractivity contribution in [1.29, 1.82) is 0 Å². The first-order valence-electron chi connectivity index (χ1n) is 6.08. The molecule has 0 spiro atoms. The monoisotopic (exact) mass is 298 g/mol. The average Bonchev–Trinajstić information content (AvgIpc) is 2.48. The molecule has 0 N–H and O–H groups in total. The molecule has 0 aliphatic heterocycles. The van der Waals surface area contributed by atoms with Crippen LogP contribution in [0.3, 0.4) is 0 Å². The summed E-state index contributed by atoms with van der Waals surface area (Å²) >= 11 is 0. The van der Waals surface area contributed by atoms with E-state index in [0.717, 1.165) is 5.56 Å². The zero-order valence-corrected chi connectivity index (χ0v) is 12.1. The van der Waals surface area contributed by atoms with E-state index in [1.807, 2.05) is 12.8 Å². The molecule has 0 atom stereocenters. The Morgan fingerprint density at radius 3 is 2.24 bits per heavy atom. The molecule has 106 valence electrons. The lowest BCUT2D eigenvalue weighted by Gasteiger charge is -1.97. The van der Waals surface area contributed by atoms with Crippen LogP contribution < -0.4 is 10.4 Å². The van der Waals surface area contributed by atoms with Gasteiger partial charge < -0.3 is 5.41 Å². The predicted molar refractivity (Wildman–Crippen MR) is 80.8 cm³/mol. The minimum atomic E-state index is -3.79. The summed E-state index contributed by atoms with van der Waals surface area (Å²) in [5, 5.41) is 13.5. The van der Waals surface area contributed by atoms with Crippen molar-refractivity contribution in [2.45, 2.75) is 11.8 Å². The summed E-state index contributed by atoms with van der Waals surface area (Å²) in [6, 6.07) is 13.0. The van der Waals surface area contributed by atoms with E-state index in [1.165, 1.54) is 18.3 Å². The molecule has 0 bridgehead atoms. The molecule has 2 aromatic carbocycles. The molecule has 0 fully saturated rings. The zero-order chi connectivity index (χ0) is 15.3. The first-order valence-corrected chi connectivity index (χ1v) is 7.52. The molecule has 0 radical (unpaired) electrons. The van der Waals surface area contributed by atoms with Crippen molar-refractivity contribution in [2.75, 3.05) is 0 Å². The molecule has 0 aliphatic carbocycles. The maximum Gasteiger partial charge on any atom is 0.299 e. The lowest BCUT2D eigenvalue weighted by Crippen LogP contribution is -2.07. The van der Waals surface area contributed by atoms with Crippen LogP contribution in [0.5, 0.6) is 0 Å². The minimum absolute atomic E-state index is 0.102. The third-order valence-corrected chi connectivity index (χ3v) is 3.90. The summed E-state index contributed by atoms with van der Waals surface area (Å²) in [6.45, 7) is 1.87. The number of sulfonamides is 1. The molecule has 2 rings (SSSR count). The molecule has 0 aliphatic rings. The van der Waals surface area contributed by atoms with Crippen LogP contribution in [0.2, 0.25) is 0 Å². The van der Waals surface area contributed by atoms with Crippen LogP contribution in [0.25, 0.3) is 11.6 Å². The van der Waals surface area contributed by atoms with E-state index in [9.17, 15) is 8.42 Å². The number of hydrogen-bond donors (Lipinski definition) is 0. The second-order valence-corrected chi connectivity index (χ2v) is 5.93. The fourth-order valence-corrected chi connectivity index (χ4v) is 2.30. The Bertz CT molecular complexity index is 887. The van der Waals surface area contributed by atoms with Gasteiger partial charge in [0.1, 0.15) is 0 Å². The van der Waals surface area contributed by atoms with Crippen molar-refractivity contribution in [2.24, 2.45) is 9.63 Å². The van der Waals surface area contributed by atoms with Gasteiger partial charge in [-0.1, -0.05) is 34.3 Å². The van der Waals surface area contributed by atoms with Gasteiger partial charge in [-0.2, -0.15) is 8.42 Å². The fourth-order valence-electron chi connectivity index (χ4n) is 1.55. The van der Waals surface area contributed by atoms with Gasteiger partial charge in [0.2, 0.25) is 0 Å². The van der Waals surface area contributed by atoms with Gasteiger partial charge in [-0.3, -0.25) is 5.87 Å². The Morgan fingerprint density at radius 1 is 1.05 bits per heavy atom. The van der Waals surface area contributed by atoms with Gasteiger partial charge in [0.15, 0.2) is 0 Å². The molecule has 0 saturated carbocycles. The quantitative estimate of drug-likeness (QED) is 0.635. The second-order valence-electron chi connectivity index (χ2n) is 4.35. The minimum Gasteiger partial charge on any atom is -0.763 e. The van der Waals surface area contributed by atoms with Crippen molar-refractivity contribution in [3.8, 4) is 0 Å². The van der Waals surface area contributed by atoms with Crippen molar-refractivity contribution in [3.63, 3.8) is 0 Å². The topological polar surface area (TPSA) is 81.2 Å². The number of aryl methyl sites for hydroxylation is 1. The summed E-state index contributed by atoms with van der Waals surface area (Å²) in [5.41, 5.74) is 0.968. The normalized spacial score (nSPS) is 11.3. The van der Waals surface area contributed by atoms with E-state index < -0.39 is 10.0 Å². The number of nitrogens with zero attached hydrogens (tertiary/aromatic N) is 3. The second kappa shape index (κ2) is 6.26. The predicted octanol–water partition coefficient (Wildman–Crippen LogP) is 1.48. The highest BCUT2D eigenvalue weighted by Gasteiger charge is 2.11. The van der Waals surface area contributed by atoms with Gasteiger partial charge in [0, 0.05) is 0 Å². The zero-order valence-electron chi connectivity index (χ0n) is 11.3. The number of rotatable bonds is 3. The molecule has 0 saturated heterocycles. The first kappa shape index (κ1) is 14.8. The lowest BCUT2D eigenvalue weighted by molar-refractivity contribution is 0.596. The number of benzene rings is 2. The third-order valence-electron chi connectivity index (χ3n) is 2.72. The van der Waals surface area contributed by atoms with Gasteiger partial charge in [-0.25, -0.2) is 0 Å². The van der Waals surface area contributed by atoms with Gasteiger partial charge in [0.25, 0.3) is 10.0 Å². The summed E-state index contributed by atoms with van der Waals surface area (Å²) in [7, 11) is -3.79. The van der Waals surface area contributed by atoms with E-state index in [0.29, 0.717) is 10.4 Å². The van der Waals surface area contributed by atoms with Gasteiger partial charge in [-0.05, 0) is 41.6 Å². The molecule has 2 aromatic rings. The van der Waals surface area contributed by atoms with Gasteiger partial charge in [-0.15, -0.1) is 5.11 Å². The molecular formula is C15H12N3O2S-. The molecule has 21 heavy (non-hydrogen) atoms. The van der Waals surface area contributed by atoms with Crippen LogP contribution in [0, 0.1) is 6.92 Å². The summed E-state index contributed by atoms with van der Waals surface area (Å²) in [4.78, 5) is 0.102. The first-order chi connectivity index (χ1) is 10.0. The van der Waals surface area contributed by atoms with Crippen molar-refractivity contribution in [1.82, 2.24) is 0 Å². The van der Waals surface area contributed by atoms with E-state index in [-0.39, 0.29) is 4.90 Å². The fraction of sp³-hybridized carbons (Fsp3) is 0.0667. The Labute approximate surface area is 122 Å².